The van der Waals surface area contributed by atoms with E-state index in [9.17, 15) is 9.59 Å². The molecule has 0 aliphatic heterocycles. The summed E-state index contributed by atoms with van der Waals surface area (Å²) in [5, 5.41) is 3.43. The molecule has 0 radical (unpaired) electrons. The number of nitrogens with two attached hydrogens (primary N) is 1. The Morgan fingerprint density at radius 2 is 1.71 bits per heavy atom. The van der Waals surface area contributed by atoms with Gasteiger partial charge in [-0.25, -0.2) is 0 Å². The molecule has 0 saturated carbocycles. The van der Waals surface area contributed by atoms with Crippen molar-refractivity contribution in [3.05, 3.63) is 25.3 Å². The third kappa shape index (κ3) is 6.69. The normalized spacial score (nSPS) is 12.9. The Bertz CT molecular complexity index is 369. The molecule has 0 aliphatic rings. The molecule has 1 unspecified atom stereocenters. The van der Waals surface area contributed by atoms with Gasteiger partial charge in [-0.05, 0) is 45.4 Å². The van der Waals surface area contributed by atoms with E-state index in [1.54, 1.807) is 0 Å². The molecule has 3 N–H and O–H groups in total. The maximum Gasteiger partial charge on any atom is 0.253 e. The Hall–Kier alpha value is -1.46. The molecule has 0 spiro atoms. The lowest BCUT2D eigenvalue weighted by Gasteiger charge is -2.37. The maximum absolute atomic E-state index is 12.0. The van der Waals surface area contributed by atoms with E-state index < -0.39 is 11.8 Å². The van der Waals surface area contributed by atoms with E-state index in [2.05, 4.69) is 32.3 Å². The summed E-state index contributed by atoms with van der Waals surface area (Å²) in [6.45, 7) is 15.5. The molecule has 0 aromatic heterocycles. The van der Waals surface area contributed by atoms with E-state index >= 15 is 0 Å². The fourth-order valence-corrected chi connectivity index (χ4v) is 2.61. The SMILES string of the molecule is C=CC(=O)N(C(=O)C=C)C(CCN)CC(C)(C)NC(C)C. The number of hydrogen-bond acceptors (Lipinski definition) is 4. The zero-order valence-corrected chi connectivity index (χ0v) is 13.7. The number of rotatable bonds is 9. The number of nitrogens with zero attached hydrogens (tertiary/aromatic N) is 1. The van der Waals surface area contributed by atoms with Crippen LogP contribution < -0.4 is 11.1 Å². The van der Waals surface area contributed by atoms with Crippen molar-refractivity contribution >= 4 is 11.8 Å². The predicted molar refractivity (Wildman–Crippen MR) is 86.7 cm³/mol. The van der Waals surface area contributed by atoms with Gasteiger partial charge in [-0.15, -0.1) is 0 Å². The van der Waals surface area contributed by atoms with Gasteiger partial charge in [0.25, 0.3) is 11.8 Å². The van der Waals surface area contributed by atoms with Crippen molar-refractivity contribution in [2.45, 2.75) is 58.2 Å². The largest absolute Gasteiger partial charge is 0.330 e. The van der Waals surface area contributed by atoms with Crippen molar-refractivity contribution in [1.82, 2.24) is 10.2 Å². The van der Waals surface area contributed by atoms with Gasteiger partial charge in [0.1, 0.15) is 0 Å². The zero-order valence-electron chi connectivity index (χ0n) is 13.7. The minimum Gasteiger partial charge on any atom is -0.330 e. The molecule has 0 rings (SSSR count). The summed E-state index contributed by atoms with van der Waals surface area (Å²) in [6, 6.07) is 0.0180. The van der Waals surface area contributed by atoms with Crippen molar-refractivity contribution < 1.29 is 9.59 Å². The zero-order chi connectivity index (χ0) is 16.6. The van der Waals surface area contributed by atoms with Crippen LogP contribution in [0.4, 0.5) is 0 Å². The Kier molecular flexibility index (Phi) is 8.14. The number of hydrogen-bond donors (Lipinski definition) is 2. The van der Waals surface area contributed by atoms with Gasteiger partial charge in [0.15, 0.2) is 0 Å². The average molecular weight is 295 g/mol. The third-order valence-electron chi connectivity index (χ3n) is 3.11. The van der Waals surface area contributed by atoms with E-state index in [0.29, 0.717) is 25.4 Å². The van der Waals surface area contributed by atoms with Crippen molar-refractivity contribution in [2.75, 3.05) is 6.54 Å². The standard InChI is InChI=1S/C16H29N3O2/c1-7-14(20)19(15(21)8-2)13(9-10-17)11-16(5,6)18-12(3)4/h7-8,12-13,18H,1-2,9-11,17H2,3-6H3. The van der Waals surface area contributed by atoms with Crippen LogP contribution in [0.15, 0.2) is 25.3 Å². The first-order valence-corrected chi connectivity index (χ1v) is 7.28. The number of carbonyl (C=O) groups is 2. The van der Waals surface area contributed by atoms with Crippen LogP contribution in [-0.2, 0) is 9.59 Å². The monoisotopic (exact) mass is 295 g/mol. The topological polar surface area (TPSA) is 75.4 Å². The molecule has 0 fully saturated rings. The molecule has 5 heteroatoms. The molecule has 0 aliphatic carbocycles. The number of imide groups is 1. The average Bonchev–Trinajstić information content (AvgIpc) is 2.36. The third-order valence-corrected chi connectivity index (χ3v) is 3.11. The van der Waals surface area contributed by atoms with Crippen LogP contribution in [0.25, 0.3) is 0 Å². The highest BCUT2D eigenvalue weighted by Crippen LogP contribution is 2.20. The first-order valence-electron chi connectivity index (χ1n) is 7.28. The van der Waals surface area contributed by atoms with Gasteiger partial charge in [-0.3, -0.25) is 14.5 Å². The van der Waals surface area contributed by atoms with Crippen LogP contribution in [0, 0.1) is 0 Å². The minimum absolute atomic E-state index is 0.227. The molecule has 21 heavy (non-hydrogen) atoms. The van der Waals surface area contributed by atoms with Crippen LogP contribution in [-0.4, -0.2) is 40.9 Å². The molecule has 5 nitrogen and oxygen atoms in total. The van der Waals surface area contributed by atoms with Gasteiger partial charge in [-0.1, -0.05) is 27.0 Å². The van der Waals surface area contributed by atoms with Crippen LogP contribution in [0.3, 0.4) is 0 Å². The fourth-order valence-electron chi connectivity index (χ4n) is 2.61. The first-order chi connectivity index (χ1) is 9.68. The Morgan fingerprint density at radius 1 is 1.24 bits per heavy atom. The molecule has 0 bridgehead atoms. The summed E-state index contributed by atoms with van der Waals surface area (Å²) in [6.07, 6.45) is 3.45. The van der Waals surface area contributed by atoms with Gasteiger partial charge >= 0.3 is 0 Å². The van der Waals surface area contributed by atoms with Crippen LogP contribution in [0.5, 0.6) is 0 Å². The van der Waals surface area contributed by atoms with Crippen molar-refractivity contribution in [3.8, 4) is 0 Å². The smallest absolute Gasteiger partial charge is 0.253 e. The highest BCUT2D eigenvalue weighted by atomic mass is 16.2. The number of carbonyl (C=O) groups excluding carboxylic acids is 2. The predicted octanol–water partition coefficient (Wildman–Crippen LogP) is 1.60. The van der Waals surface area contributed by atoms with Crippen LogP contribution in [0.1, 0.15) is 40.5 Å². The quantitative estimate of drug-likeness (QED) is 0.634. The van der Waals surface area contributed by atoms with Crippen molar-refractivity contribution in [2.24, 2.45) is 5.73 Å². The summed E-state index contributed by atoms with van der Waals surface area (Å²) in [7, 11) is 0. The van der Waals surface area contributed by atoms with E-state index in [0.717, 1.165) is 12.2 Å². The molecule has 0 saturated heterocycles. The van der Waals surface area contributed by atoms with Gasteiger partial charge < -0.3 is 11.1 Å². The molecule has 0 aromatic rings. The summed E-state index contributed by atoms with van der Waals surface area (Å²) in [5.74, 6) is -0.836. The van der Waals surface area contributed by atoms with E-state index in [4.69, 9.17) is 5.73 Å². The molecule has 0 aromatic carbocycles. The Morgan fingerprint density at radius 3 is 2.05 bits per heavy atom. The lowest BCUT2D eigenvalue weighted by atomic mass is 9.91. The van der Waals surface area contributed by atoms with Crippen LogP contribution in [0.2, 0.25) is 0 Å². The second-order valence-corrected chi connectivity index (χ2v) is 6.07. The van der Waals surface area contributed by atoms with E-state index in [1.807, 2.05) is 13.8 Å². The minimum atomic E-state index is -0.418. The molecule has 2 amide bonds. The summed E-state index contributed by atoms with van der Waals surface area (Å²) in [5.41, 5.74) is 5.42. The maximum atomic E-state index is 12.0. The van der Waals surface area contributed by atoms with Gasteiger partial charge in [0, 0.05) is 17.6 Å². The first kappa shape index (κ1) is 19.5. The molecule has 120 valence electrons. The van der Waals surface area contributed by atoms with Crippen LogP contribution >= 0.6 is 0 Å². The second kappa shape index (κ2) is 8.74. The fraction of sp³-hybridized carbons (Fsp3) is 0.625. The Labute approximate surface area is 128 Å². The van der Waals surface area contributed by atoms with Gasteiger partial charge in [0.05, 0.1) is 0 Å². The molecular weight excluding hydrogens is 266 g/mol. The van der Waals surface area contributed by atoms with Gasteiger partial charge in [0.2, 0.25) is 0 Å². The van der Waals surface area contributed by atoms with E-state index in [-0.39, 0.29) is 11.6 Å². The highest BCUT2D eigenvalue weighted by Gasteiger charge is 2.31. The van der Waals surface area contributed by atoms with Crippen molar-refractivity contribution in [3.63, 3.8) is 0 Å². The number of nitrogens with one attached hydrogen (secondary N) is 1. The van der Waals surface area contributed by atoms with Gasteiger partial charge in [-0.2, -0.15) is 0 Å². The molecule has 1 atom stereocenters. The summed E-state index contributed by atoms with van der Waals surface area (Å²) >= 11 is 0. The highest BCUT2D eigenvalue weighted by molar-refractivity contribution is 6.05. The summed E-state index contributed by atoms with van der Waals surface area (Å²) in [4.78, 5) is 25.2. The second-order valence-electron chi connectivity index (χ2n) is 6.07. The lowest BCUT2D eigenvalue weighted by Crippen LogP contribution is -2.52. The number of amides is 2. The Balaban J connectivity index is 5.31. The van der Waals surface area contributed by atoms with E-state index in [1.165, 1.54) is 4.90 Å². The van der Waals surface area contributed by atoms with Crippen molar-refractivity contribution in [1.29, 1.82) is 0 Å². The molecule has 0 heterocycles. The lowest BCUT2D eigenvalue weighted by molar-refractivity contribution is -0.142. The summed E-state index contributed by atoms with van der Waals surface area (Å²) < 4.78 is 0. The molecular formula is C16H29N3O2.